The van der Waals surface area contributed by atoms with E-state index in [4.69, 9.17) is 0 Å². The van der Waals surface area contributed by atoms with E-state index in [2.05, 4.69) is 0 Å². The van der Waals surface area contributed by atoms with E-state index in [-0.39, 0.29) is 51.4 Å². The third kappa shape index (κ3) is 3.12. The molecule has 4 heteroatoms. The van der Waals surface area contributed by atoms with E-state index in [0.29, 0.717) is 10.4 Å². The van der Waals surface area contributed by atoms with Gasteiger partial charge in [0.25, 0.3) is 0 Å². The summed E-state index contributed by atoms with van der Waals surface area (Å²) in [4.78, 5) is 20.3. The van der Waals surface area contributed by atoms with Gasteiger partial charge < -0.3 is 9.59 Å². The molecule has 0 aliphatic carbocycles. The van der Waals surface area contributed by atoms with Gasteiger partial charge in [0.05, 0.1) is 0 Å². The molecule has 2 N–H and O–H groups in total. The quantitative estimate of drug-likeness (QED) is 0.717. The van der Waals surface area contributed by atoms with Crippen LogP contribution in [0.5, 0.6) is 0 Å². The second-order valence-electron chi connectivity index (χ2n) is 3.40. The molecule has 2 rings (SSSR count). The number of hydrogen-bond acceptors (Lipinski definition) is 2. The molecular formula is C12H13KO2Si. The molecule has 0 heterocycles. The summed E-state index contributed by atoms with van der Waals surface area (Å²) in [6.45, 7) is 0. The molecule has 0 unspecified atom stereocenters. The summed E-state index contributed by atoms with van der Waals surface area (Å²) >= 11 is 0. The number of hydrogen-bond donors (Lipinski definition) is 2. The summed E-state index contributed by atoms with van der Waals surface area (Å²) in [5.74, 6) is 0. The zero-order chi connectivity index (χ0) is 10.7. The van der Waals surface area contributed by atoms with Gasteiger partial charge in [0.2, 0.25) is 0 Å². The number of benzene rings is 2. The number of rotatable bonds is 2. The molecule has 0 aromatic heterocycles. The average Bonchev–Trinajstić information content (AvgIpc) is 2.31. The molecule has 2 aromatic rings. The van der Waals surface area contributed by atoms with Crippen LogP contribution in [0.3, 0.4) is 0 Å². The first-order valence-electron chi connectivity index (χ1n) is 4.77. The Balaban J connectivity index is 0.00000128. The molecular weight excluding hydrogens is 243 g/mol. The van der Waals surface area contributed by atoms with Crippen LogP contribution in [-0.4, -0.2) is 69.5 Å². The zero-order valence-corrected chi connectivity index (χ0v) is 9.17. The second-order valence-corrected chi connectivity index (χ2v) is 5.90. The van der Waals surface area contributed by atoms with E-state index in [0.717, 1.165) is 0 Å². The van der Waals surface area contributed by atoms with Crippen molar-refractivity contribution in [3.8, 4) is 0 Å². The average molecular weight is 256 g/mol. The van der Waals surface area contributed by atoms with Crippen LogP contribution in [0.1, 0.15) is 0 Å². The summed E-state index contributed by atoms with van der Waals surface area (Å²) in [6, 6.07) is 18.0. The van der Waals surface area contributed by atoms with Crippen molar-refractivity contribution < 1.29 is 9.59 Å². The Bertz CT molecular complexity index is 390. The van der Waals surface area contributed by atoms with Crippen molar-refractivity contribution in [3.05, 3.63) is 60.7 Å². The van der Waals surface area contributed by atoms with Crippen LogP contribution in [0.15, 0.2) is 60.7 Å². The van der Waals surface area contributed by atoms with E-state index in [1.807, 2.05) is 36.4 Å². The maximum absolute atomic E-state index is 10.2. The van der Waals surface area contributed by atoms with Gasteiger partial charge in [-0.3, -0.25) is 0 Å². The van der Waals surface area contributed by atoms with Gasteiger partial charge in [0.15, 0.2) is 0 Å². The molecule has 78 valence electrons. The van der Waals surface area contributed by atoms with Crippen LogP contribution in [0.25, 0.3) is 0 Å². The fourth-order valence-corrected chi connectivity index (χ4v) is 3.16. The first-order chi connectivity index (χ1) is 7.21. The Morgan fingerprint density at radius 3 is 1.25 bits per heavy atom. The van der Waals surface area contributed by atoms with E-state index in [1.54, 1.807) is 24.3 Å². The summed E-state index contributed by atoms with van der Waals surface area (Å²) in [5.41, 5.74) is 0. The molecule has 0 spiro atoms. The van der Waals surface area contributed by atoms with Crippen molar-refractivity contribution in [1.82, 2.24) is 0 Å². The Labute approximate surface area is 139 Å². The van der Waals surface area contributed by atoms with Gasteiger partial charge in [-0.15, -0.1) is 0 Å². The first kappa shape index (κ1) is 14.3. The maximum atomic E-state index is 10.2. The molecule has 2 nitrogen and oxygen atoms in total. The van der Waals surface area contributed by atoms with E-state index >= 15 is 0 Å². The van der Waals surface area contributed by atoms with Crippen LogP contribution >= 0.6 is 0 Å². The van der Waals surface area contributed by atoms with Crippen molar-refractivity contribution in [2.45, 2.75) is 0 Å². The molecule has 0 aliphatic rings. The molecule has 0 radical (unpaired) electrons. The molecule has 0 bridgehead atoms. The van der Waals surface area contributed by atoms with Crippen molar-refractivity contribution in [3.63, 3.8) is 0 Å². The fraction of sp³-hybridized carbons (Fsp3) is 0. The van der Waals surface area contributed by atoms with Crippen molar-refractivity contribution in [1.29, 1.82) is 0 Å². The standard InChI is InChI=1S/C12H12O2Si.K.H/c13-15(14,11-7-3-1-4-8-11)12-9-5-2-6-10-12;;/h1-10,13-14H;;. The summed E-state index contributed by atoms with van der Waals surface area (Å²) in [7, 11) is -3.46. The van der Waals surface area contributed by atoms with Gasteiger partial charge in [-0.25, -0.2) is 0 Å². The third-order valence-corrected chi connectivity index (χ3v) is 4.63. The van der Waals surface area contributed by atoms with Gasteiger partial charge >= 0.3 is 59.9 Å². The van der Waals surface area contributed by atoms with Crippen LogP contribution < -0.4 is 10.4 Å². The van der Waals surface area contributed by atoms with Crippen LogP contribution in [-0.2, 0) is 0 Å². The minimum absolute atomic E-state index is 0. The predicted molar refractivity (Wildman–Crippen MR) is 69.5 cm³/mol. The molecule has 0 atom stereocenters. The first-order valence-corrected chi connectivity index (χ1v) is 6.66. The van der Waals surface area contributed by atoms with Crippen LogP contribution in [0.2, 0.25) is 0 Å². The fourth-order valence-electron chi connectivity index (χ4n) is 1.51. The molecule has 0 saturated heterocycles. The Hall–Kier alpha value is 0.213. The van der Waals surface area contributed by atoms with E-state index in [9.17, 15) is 9.59 Å². The normalized spacial score (nSPS) is 10.6. The van der Waals surface area contributed by atoms with Crippen LogP contribution in [0.4, 0.5) is 0 Å². The molecule has 0 amide bonds. The summed E-state index contributed by atoms with van der Waals surface area (Å²) < 4.78 is 0. The van der Waals surface area contributed by atoms with Gasteiger partial charge in [0.1, 0.15) is 0 Å². The minimum atomic E-state index is -3.46. The third-order valence-electron chi connectivity index (χ3n) is 2.35. The Morgan fingerprint density at radius 1 is 0.625 bits per heavy atom. The molecule has 2 aromatic carbocycles. The SMILES string of the molecule is O[Si](O)(c1ccccc1)c1ccccc1.[KH]. The zero-order valence-electron chi connectivity index (χ0n) is 8.17. The molecule has 16 heavy (non-hydrogen) atoms. The van der Waals surface area contributed by atoms with Crippen LogP contribution in [0, 0.1) is 0 Å². The van der Waals surface area contributed by atoms with E-state index in [1.165, 1.54) is 0 Å². The molecule has 0 fully saturated rings. The van der Waals surface area contributed by atoms with Crippen molar-refractivity contribution in [2.24, 2.45) is 0 Å². The molecule has 0 saturated carbocycles. The Morgan fingerprint density at radius 2 is 0.938 bits per heavy atom. The summed E-state index contributed by atoms with van der Waals surface area (Å²) in [6.07, 6.45) is 0. The summed E-state index contributed by atoms with van der Waals surface area (Å²) in [5, 5.41) is 1.22. The second kappa shape index (κ2) is 6.23. The van der Waals surface area contributed by atoms with E-state index < -0.39 is 8.56 Å². The molecule has 0 aliphatic heterocycles. The van der Waals surface area contributed by atoms with Crippen molar-refractivity contribution in [2.75, 3.05) is 0 Å². The topological polar surface area (TPSA) is 40.5 Å². The predicted octanol–water partition coefficient (Wildman–Crippen LogP) is -0.421. The van der Waals surface area contributed by atoms with Crippen molar-refractivity contribution >= 4 is 70.3 Å². The van der Waals surface area contributed by atoms with Gasteiger partial charge in [-0.2, -0.15) is 0 Å². The Kier molecular flexibility index (Phi) is 5.56. The monoisotopic (exact) mass is 256 g/mol. The van der Waals surface area contributed by atoms with Gasteiger partial charge in [-0.05, 0) is 10.4 Å². The van der Waals surface area contributed by atoms with Gasteiger partial charge in [0, 0.05) is 0 Å². The van der Waals surface area contributed by atoms with Gasteiger partial charge in [-0.1, -0.05) is 60.7 Å².